The number of nitriles is 1. The first kappa shape index (κ1) is 19.5. The molecule has 0 atom stereocenters. The molecule has 1 aliphatic rings. The Labute approximate surface area is 158 Å². The highest BCUT2D eigenvalue weighted by atomic mass is 19.4. The van der Waals surface area contributed by atoms with Gasteiger partial charge in [-0.25, -0.2) is 4.98 Å². The van der Waals surface area contributed by atoms with E-state index in [2.05, 4.69) is 20.5 Å². The van der Waals surface area contributed by atoms with Crippen molar-refractivity contribution in [1.29, 1.82) is 5.26 Å². The highest BCUT2D eigenvalue weighted by Crippen LogP contribution is 2.35. The number of halogens is 3. The fourth-order valence-corrected chi connectivity index (χ4v) is 3.06. The van der Waals surface area contributed by atoms with E-state index in [0.717, 1.165) is 12.1 Å². The Morgan fingerprint density at radius 3 is 2.61 bits per heavy atom. The lowest BCUT2D eigenvalue weighted by atomic mass is 9.92. The minimum atomic E-state index is -4.62. The number of amides is 1. The second-order valence-corrected chi connectivity index (χ2v) is 6.38. The second-order valence-electron chi connectivity index (χ2n) is 6.38. The van der Waals surface area contributed by atoms with E-state index >= 15 is 0 Å². The van der Waals surface area contributed by atoms with Crippen molar-refractivity contribution in [2.24, 2.45) is 0 Å². The molecule has 0 unspecified atom stereocenters. The monoisotopic (exact) mass is 391 g/mol. The zero-order chi connectivity index (χ0) is 20.1. The van der Waals surface area contributed by atoms with E-state index in [-0.39, 0.29) is 29.5 Å². The highest BCUT2D eigenvalue weighted by molar-refractivity contribution is 5.91. The average Bonchev–Trinajstić information content (AvgIpc) is 2.69. The molecule has 1 heterocycles. The molecular weight excluding hydrogens is 375 g/mol. The van der Waals surface area contributed by atoms with Crippen LogP contribution in [-0.4, -0.2) is 33.2 Å². The molecule has 10 heteroatoms. The molecule has 1 aliphatic carbocycles. The summed E-state index contributed by atoms with van der Waals surface area (Å²) in [4.78, 5) is 15.8. The minimum Gasteiger partial charge on any atom is -0.490 e. The lowest BCUT2D eigenvalue weighted by molar-refractivity contribution is -0.137. The summed E-state index contributed by atoms with van der Waals surface area (Å²) in [7, 11) is 0. The van der Waals surface area contributed by atoms with Gasteiger partial charge in [-0.1, -0.05) is 0 Å². The molecule has 1 amide bonds. The molecule has 1 aromatic heterocycles. The number of benzene rings is 1. The van der Waals surface area contributed by atoms with Crippen molar-refractivity contribution in [3.8, 4) is 11.8 Å². The lowest BCUT2D eigenvalue weighted by Gasteiger charge is -2.29. The highest BCUT2D eigenvalue weighted by Gasteiger charge is 2.34. The third kappa shape index (κ3) is 4.73. The van der Waals surface area contributed by atoms with Crippen LogP contribution >= 0.6 is 0 Å². The lowest BCUT2D eigenvalue weighted by Crippen LogP contribution is -2.40. The Hall–Kier alpha value is -3.22. The molecule has 2 aromatic rings. The van der Waals surface area contributed by atoms with Crippen LogP contribution in [0.25, 0.3) is 0 Å². The van der Waals surface area contributed by atoms with Gasteiger partial charge in [-0.05, 0) is 43.9 Å². The molecular formula is C18H16F3N5O2. The summed E-state index contributed by atoms with van der Waals surface area (Å²) in [5.74, 6) is -0.295. The van der Waals surface area contributed by atoms with Gasteiger partial charge in [-0.3, -0.25) is 4.79 Å². The fraction of sp³-hybridized carbons (Fsp3) is 0.389. The molecule has 0 saturated heterocycles. The van der Waals surface area contributed by atoms with Gasteiger partial charge in [0.15, 0.2) is 5.69 Å². The maximum atomic E-state index is 13.0. The van der Waals surface area contributed by atoms with Crippen LogP contribution in [0.4, 0.5) is 13.2 Å². The number of hydrogen-bond acceptors (Lipinski definition) is 6. The normalized spacial score (nSPS) is 19.5. The summed E-state index contributed by atoms with van der Waals surface area (Å²) in [6, 6.07) is 4.79. The molecule has 0 aliphatic heterocycles. The van der Waals surface area contributed by atoms with Gasteiger partial charge >= 0.3 is 6.18 Å². The molecule has 1 saturated carbocycles. The first-order valence-corrected chi connectivity index (χ1v) is 8.58. The maximum Gasteiger partial charge on any atom is 0.417 e. The van der Waals surface area contributed by atoms with Crippen LogP contribution in [0, 0.1) is 11.3 Å². The largest absolute Gasteiger partial charge is 0.490 e. The van der Waals surface area contributed by atoms with Crippen LogP contribution in [0.5, 0.6) is 5.75 Å². The molecule has 0 radical (unpaired) electrons. The summed E-state index contributed by atoms with van der Waals surface area (Å²) >= 11 is 0. The first-order chi connectivity index (χ1) is 13.4. The first-order valence-electron chi connectivity index (χ1n) is 8.58. The third-order valence-corrected chi connectivity index (χ3v) is 4.44. The molecule has 7 nitrogen and oxygen atoms in total. The van der Waals surface area contributed by atoms with E-state index in [1.54, 1.807) is 6.07 Å². The van der Waals surface area contributed by atoms with Crippen molar-refractivity contribution in [3.63, 3.8) is 0 Å². The zero-order valence-electron chi connectivity index (χ0n) is 14.6. The Balaban J connectivity index is 1.56. The molecule has 146 valence electrons. The number of nitrogens with zero attached hydrogens (tertiary/aromatic N) is 4. The van der Waals surface area contributed by atoms with E-state index in [0.29, 0.717) is 25.7 Å². The predicted octanol–water partition coefficient (Wildman–Crippen LogP) is 2.88. The van der Waals surface area contributed by atoms with Gasteiger partial charge in [0.05, 0.1) is 29.5 Å². The molecule has 1 fully saturated rings. The minimum absolute atomic E-state index is 0.0736. The van der Waals surface area contributed by atoms with Crippen molar-refractivity contribution < 1.29 is 22.7 Å². The van der Waals surface area contributed by atoms with Crippen molar-refractivity contribution in [2.45, 2.75) is 44.0 Å². The number of carbonyl (C=O) groups is 1. The van der Waals surface area contributed by atoms with Crippen LogP contribution in [0.3, 0.4) is 0 Å². The molecule has 3 rings (SSSR count). The van der Waals surface area contributed by atoms with Gasteiger partial charge in [-0.15, -0.1) is 10.2 Å². The van der Waals surface area contributed by atoms with E-state index in [9.17, 15) is 18.0 Å². The van der Waals surface area contributed by atoms with Crippen molar-refractivity contribution >= 4 is 5.91 Å². The quantitative estimate of drug-likeness (QED) is 0.860. The predicted molar refractivity (Wildman–Crippen MR) is 90.1 cm³/mol. The zero-order valence-corrected chi connectivity index (χ0v) is 14.6. The van der Waals surface area contributed by atoms with Gasteiger partial charge < -0.3 is 10.1 Å². The van der Waals surface area contributed by atoms with Gasteiger partial charge in [0.1, 0.15) is 12.1 Å². The standard InChI is InChI=1S/C18H16F3N5O2/c19-18(20,21)15-7-14(4-1-11(15)8-22)28-13-5-2-12(3-6-13)25-17(27)16-9-23-10-24-26-16/h1,4,7,9-10,12-13H,2-3,5-6H2,(H,25,27)/t12-,13-. The van der Waals surface area contributed by atoms with E-state index in [4.69, 9.17) is 10.00 Å². The average molecular weight is 391 g/mol. The van der Waals surface area contributed by atoms with Crippen LogP contribution < -0.4 is 10.1 Å². The molecule has 28 heavy (non-hydrogen) atoms. The summed E-state index contributed by atoms with van der Waals surface area (Å²) in [6.45, 7) is 0. The number of carbonyl (C=O) groups excluding carboxylic acids is 1. The van der Waals surface area contributed by atoms with Crippen LogP contribution in [0.2, 0.25) is 0 Å². The Morgan fingerprint density at radius 2 is 2.00 bits per heavy atom. The SMILES string of the molecule is N#Cc1ccc(O[C@H]2CC[C@H](NC(=O)c3cncnn3)CC2)cc1C(F)(F)F. The summed E-state index contributed by atoms with van der Waals surface area (Å²) in [5, 5.41) is 18.9. The Morgan fingerprint density at radius 1 is 1.25 bits per heavy atom. The van der Waals surface area contributed by atoms with Crippen LogP contribution in [-0.2, 0) is 6.18 Å². The van der Waals surface area contributed by atoms with E-state index in [1.807, 2.05) is 0 Å². The van der Waals surface area contributed by atoms with Crippen LogP contribution in [0.15, 0.2) is 30.7 Å². The molecule has 1 N–H and O–H groups in total. The number of nitrogens with one attached hydrogen (secondary N) is 1. The maximum absolute atomic E-state index is 13.0. The number of rotatable bonds is 4. The number of hydrogen-bond donors (Lipinski definition) is 1. The van der Waals surface area contributed by atoms with Crippen molar-refractivity contribution in [1.82, 2.24) is 20.5 Å². The summed E-state index contributed by atoms with van der Waals surface area (Å²) < 4.78 is 44.8. The van der Waals surface area contributed by atoms with Gasteiger partial charge in [0, 0.05) is 6.04 Å². The second kappa shape index (κ2) is 8.21. The van der Waals surface area contributed by atoms with E-state index in [1.165, 1.54) is 18.6 Å². The summed E-state index contributed by atoms with van der Waals surface area (Å²) in [6.07, 6.45) is 0.0455. The molecule has 0 spiro atoms. The Kier molecular flexibility index (Phi) is 5.73. The van der Waals surface area contributed by atoms with Crippen LogP contribution in [0.1, 0.15) is 47.3 Å². The van der Waals surface area contributed by atoms with Crippen molar-refractivity contribution in [2.75, 3.05) is 0 Å². The van der Waals surface area contributed by atoms with Gasteiger partial charge in [-0.2, -0.15) is 18.4 Å². The third-order valence-electron chi connectivity index (χ3n) is 4.44. The Bertz CT molecular complexity index is 875. The number of alkyl halides is 3. The van der Waals surface area contributed by atoms with E-state index < -0.39 is 17.3 Å². The molecule has 1 aromatic carbocycles. The number of aromatic nitrogens is 3. The smallest absolute Gasteiger partial charge is 0.417 e. The number of ether oxygens (including phenoxy) is 1. The van der Waals surface area contributed by atoms with Crippen molar-refractivity contribution in [3.05, 3.63) is 47.5 Å². The molecule has 0 bridgehead atoms. The summed E-state index contributed by atoms with van der Waals surface area (Å²) in [5.41, 5.74) is -1.33. The van der Waals surface area contributed by atoms with Gasteiger partial charge in [0.2, 0.25) is 0 Å². The van der Waals surface area contributed by atoms with Gasteiger partial charge in [0.25, 0.3) is 5.91 Å². The topological polar surface area (TPSA) is 101 Å². The fourth-order valence-electron chi connectivity index (χ4n) is 3.06.